The quantitative estimate of drug-likeness (QED) is 0.612. The Bertz CT molecular complexity index is 147. The molecule has 0 heterocycles. The molecule has 0 rings (SSSR count). The topological polar surface area (TPSA) is 72.5 Å². The molecule has 1 atom stereocenters. The van der Waals surface area contributed by atoms with Crippen molar-refractivity contribution in [2.75, 3.05) is 13.7 Å². The Kier molecular flexibility index (Phi) is 3.48. The maximum absolute atomic E-state index is 10.6. The van der Waals surface area contributed by atoms with Crippen LogP contribution in [0.3, 0.4) is 0 Å². The summed E-state index contributed by atoms with van der Waals surface area (Å²) in [6.45, 7) is 3.56. The predicted molar refractivity (Wildman–Crippen MR) is 41.3 cm³/mol. The molecular weight excluding hydrogens is 146 g/mol. The minimum Gasteiger partial charge on any atom is -0.480 e. The monoisotopic (exact) mass is 161 g/mol. The highest BCUT2D eigenvalue weighted by atomic mass is 16.5. The zero-order valence-corrected chi connectivity index (χ0v) is 7.13. The standard InChI is InChI=1S/C7H15NO3/c1-5(2)7(8,4-11-3)6(9)10/h5H,4,8H2,1-3H3,(H,9,10). The first-order chi connectivity index (χ1) is 4.95. The molecule has 3 N–H and O–H groups in total. The number of carbonyl (C=O) groups is 1. The van der Waals surface area contributed by atoms with E-state index in [0.29, 0.717) is 0 Å². The van der Waals surface area contributed by atoms with Gasteiger partial charge in [-0.1, -0.05) is 13.8 Å². The molecule has 0 aromatic heterocycles. The lowest BCUT2D eigenvalue weighted by Crippen LogP contribution is -2.55. The fourth-order valence-corrected chi connectivity index (χ4v) is 0.714. The Morgan fingerprint density at radius 1 is 1.73 bits per heavy atom. The molecule has 4 nitrogen and oxygen atoms in total. The van der Waals surface area contributed by atoms with E-state index in [1.54, 1.807) is 13.8 Å². The van der Waals surface area contributed by atoms with E-state index in [9.17, 15) is 4.79 Å². The van der Waals surface area contributed by atoms with E-state index in [1.807, 2.05) is 0 Å². The summed E-state index contributed by atoms with van der Waals surface area (Å²) in [6.07, 6.45) is 0. The van der Waals surface area contributed by atoms with E-state index in [0.717, 1.165) is 0 Å². The van der Waals surface area contributed by atoms with E-state index in [1.165, 1.54) is 7.11 Å². The summed E-state index contributed by atoms with van der Waals surface area (Å²) in [5.41, 5.74) is 4.31. The Morgan fingerprint density at radius 3 is 2.27 bits per heavy atom. The number of methoxy groups -OCH3 is 1. The second kappa shape index (κ2) is 3.69. The van der Waals surface area contributed by atoms with Crippen LogP contribution in [0, 0.1) is 5.92 Å². The van der Waals surface area contributed by atoms with Crippen LogP contribution in [0.15, 0.2) is 0 Å². The van der Waals surface area contributed by atoms with Crippen molar-refractivity contribution >= 4 is 5.97 Å². The minimum atomic E-state index is -1.26. The van der Waals surface area contributed by atoms with Crippen molar-refractivity contribution in [2.45, 2.75) is 19.4 Å². The number of hydrogen-bond acceptors (Lipinski definition) is 3. The van der Waals surface area contributed by atoms with Crippen molar-refractivity contribution in [3.8, 4) is 0 Å². The molecule has 1 unspecified atom stereocenters. The third-order valence-electron chi connectivity index (χ3n) is 1.81. The molecule has 66 valence electrons. The van der Waals surface area contributed by atoms with Crippen LogP contribution in [0.25, 0.3) is 0 Å². The van der Waals surface area contributed by atoms with Crippen molar-refractivity contribution in [1.29, 1.82) is 0 Å². The zero-order chi connectivity index (χ0) is 9.07. The maximum atomic E-state index is 10.6. The van der Waals surface area contributed by atoms with Crippen LogP contribution in [-0.4, -0.2) is 30.3 Å². The number of ether oxygens (including phenoxy) is 1. The zero-order valence-electron chi connectivity index (χ0n) is 7.13. The summed E-state index contributed by atoms with van der Waals surface area (Å²) in [4.78, 5) is 10.6. The van der Waals surface area contributed by atoms with Gasteiger partial charge in [-0.3, -0.25) is 4.79 Å². The molecule has 0 aromatic carbocycles. The summed E-state index contributed by atoms with van der Waals surface area (Å²) >= 11 is 0. The number of rotatable bonds is 4. The highest BCUT2D eigenvalue weighted by molar-refractivity contribution is 5.79. The molecule has 0 saturated heterocycles. The van der Waals surface area contributed by atoms with Gasteiger partial charge < -0.3 is 15.6 Å². The van der Waals surface area contributed by atoms with Crippen LogP contribution in [0.1, 0.15) is 13.8 Å². The summed E-state index contributed by atoms with van der Waals surface area (Å²) in [7, 11) is 1.44. The number of aliphatic carboxylic acids is 1. The van der Waals surface area contributed by atoms with Crippen molar-refractivity contribution in [3.63, 3.8) is 0 Å². The van der Waals surface area contributed by atoms with Gasteiger partial charge in [-0.15, -0.1) is 0 Å². The number of carboxylic acids is 1. The van der Waals surface area contributed by atoms with Gasteiger partial charge in [0.1, 0.15) is 5.54 Å². The Balaban J connectivity index is 4.38. The second-order valence-corrected chi connectivity index (χ2v) is 2.93. The lowest BCUT2D eigenvalue weighted by atomic mass is 9.88. The first-order valence-electron chi connectivity index (χ1n) is 3.46. The molecule has 0 bridgehead atoms. The highest BCUT2D eigenvalue weighted by Gasteiger charge is 2.37. The Morgan fingerprint density at radius 2 is 2.18 bits per heavy atom. The lowest BCUT2D eigenvalue weighted by Gasteiger charge is -2.27. The summed E-state index contributed by atoms with van der Waals surface area (Å²) in [5.74, 6) is -1.16. The third kappa shape index (κ3) is 2.17. The molecule has 0 aliphatic rings. The molecule has 0 aliphatic carbocycles. The molecule has 0 amide bonds. The lowest BCUT2D eigenvalue weighted by molar-refractivity contribution is -0.147. The number of hydrogen-bond donors (Lipinski definition) is 2. The normalized spacial score (nSPS) is 16.5. The Hall–Kier alpha value is -0.610. The van der Waals surface area contributed by atoms with Crippen LogP contribution in [0.4, 0.5) is 0 Å². The van der Waals surface area contributed by atoms with Gasteiger partial charge in [-0.25, -0.2) is 0 Å². The van der Waals surface area contributed by atoms with Crippen molar-refractivity contribution < 1.29 is 14.6 Å². The van der Waals surface area contributed by atoms with Crippen LogP contribution in [-0.2, 0) is 9.53 Å². The van der Waals surface area contributed by atoms with Gasteiger partial charge >= 0.3 is 5.97 Å². The second-order valence-electron chi connectivity index (χ2n) is 2.93. The molecule has 0 aromatic rings. The molecule has 0 radical (unpaired) electrons. The fraction of sp³-hybridized carbons (Fsp3) is 0.857. The van der Waals surface area contributed by atoms with Gasteiger partial charge in [0, 0.05) is 7.11 Å². The molecular formula is C7H15NO3. The average Bonchev–Trinajstić information content (AvgIpc) is 1.87. The van der Waals surface area contributed by atoms with Crippen molar-refractivity contribution in [3.05, 3.63) is 0 Å². The smallest absolute Gasteiger partial charge is 0.326 e. The molecule has 0 fully saturated rings. The van der Waals surface area contributed by atoms with E-state index in [4.69, 9.17) is 15.6 Å². The molecule has 0 saturated carbocycles. The molecule has 11 heavy (non-hydrogen) atoms. The third-order valence-corrected chi connectivity index (χ3v) is 1.81. The fourth-order valence-electron chi connectivity index (χ4n) is 0.714. The summed E-state index contributed by atoms with van der Waals surface area (Å²) in [6, 6.07) is 0. The van der Waals surface area contributed by atoms with Gasteiger partial charge in [0.2, 0.25) is 0 Å². The largest absolute Gasteiger partial charge is 0.480 e. The van der Waals surface area contributed by atoms with Gasteiger partial charge in [0.05, 0.1) is 6.61 Å². The SMILES string of the molecule is COCC(N)(C(=O)O)C(C)C. The van der Waals surface area contributed by atoms with Gasteiger partial charge in [0.15, 0.2) is 0 Å². The molecule has 0 aliphatic heterocycles. The van der Waals surface area contributed by atoms with Crippen molar-refractivity contribution in [1.82, 2.24) is 0 Å². The minimum absolute atomic E-state index is 0.0417. The van der Waals surface area contributed by atoms with Crippen LogP contribution < -0.4 is 5.73 Å². The van der Waals surface area contributed by atoms with Gasteiger partial charge in [-0.2, -0.15) is 0 Å². The Labute approximate surface area is 66.3 Å². The van der Waals surface area contributed by atoms with E-state index < -0.39 is 11.5 Å². The van der Waals surface area contributed by atoms with Crippen LogP contribution >= 0.6 is 0 Å². The summed E-state index contributed by atoms with van der Waals surface area (Å²) in [5, 5.41) is 8.73. The summed E-state index contributed by atoms with van der Waals surface area (Å²) < 4.78 is 4.72. The predicted octanol–water partition coefficient (Wildman–Crippen LogP) is 0.0709. The first kappa shape index (κ1) is 10.4. The van der Waals surface area contributed by atoms with E-state index in [2.05, 4.69) is 0 Å². The van der Waals surface area contributed by atoms with E-state index >= 15 is 0 Å². The number of nitrogens with two attached hydrogens (primary N) is 1. The van der Waals surface area contributed by atoms with E-state index in [-0.39, 0.29) is 12.5 Å². The van der Waals surface area contributed by atoms with Crippen LogP contribution in [0.5, 0.6) is 0 Å². The van der Waals surface area contributed by atoms with Crippen LogP contribution in [0.2, 0.25) is 0 Å². The number of carboxylic acid groups (broad SMARTS) is 1. The van der Waals surface area contributed by atoms with Gasteiger partial charge in [0.25, 0.3) is 0 Å². The average molecular weight is 161 g/mol. The van der Waals surface area contributed by atoms with Gasteiger partial charge in [-0.05, 0) is 5.92 Å². The highest BCUT2D eigenvalue weighted by Crippen LogP contribution is 2.14. The molecule has 0 spiro atoms. The maximum Gasteiger partial charge on any atom is 0.326 e. The molecule has 4 heteroatoms. The van der Waals surface area contributed by atoms with Crippen molar-refractivity contribution in [2.24, 2.45) is 11.7 Å². The first-order valence-corrected chi connectivity index (χ1v) is 3.46.